The fourth-order valence-corrected chi connectivity index (χ4v) is 1.44. The standard InChI is InChI=1S/C11H17N3O3/c1-8-6-12-9(13-8)7-14(2)10(15)4-3-5-11(16)17/h6H,3-5,7H2,1-2H3,(H,12,13)(H,16,17). The lowest BCUT2D eigenvalue weighted by molar-refractivity contribution is -0.137. The molecule has 0 saturated heterocycles. The largest absolute Gasteiger partial charge is 0.481 e. The van der Waals surface area contributed by atoms with Crippen LogP contribution in [0, 0.1) is 6.92 Å². The molecular formula is C11H17N3O3. The number of H-pyrrole nitrogens is 1. The van der Waals surface area contributed by atoms with Gasteiger partial charge in [0.15, 0.2) is 0 Å². The van der Waals surface area contributed by atoms with Gasteiger partial charge in [-0.15, -0.1) is 0 Å². The van der Waals surface area contributed by atoms with Crippen LogP contribution in [0.3, 0.4) is 0 Å². The molecule has 6 nitrogen and oxygen atoms in total. The number of rotatable bonds is 6. The Balaban J connectivity index is 2.34. The highest BCUT2D eigenvalue weighted by molar-refractivity contribution is 5.76. The quantitative estimate of drug-likeness (QED) is 0.773. The topological polar surface area (TPSA) is 86.3 Å². The van der Waals surface area contributed by atoms with Crippen LogP contribution in [0.25, 0.3) is 0 Å². The lowest BCUT2D eigenvalue weighted by atomic mass is 10.2. The first-order chi connectivity index (χ1) is 7.99. The lowest BCUT2D eigenvalue weighted by Gasteiger charge is -2.15. The van der Waals surface area contributed by atoms with Gasteiger partial charge in [0.05, 0.1) is 6.54 Å². The van der Waals surface area contributed by atoms with Gasteiger partial charge in [0, 0.05) is 31.8 Å². The normalized spacial score (nSPS) is 10.2. The Morgan fingerprint density at radius 2 is 2.18 bits per heavy atom. The molecule has 0 aromatic carbocycles. The fourth-order valence-electron chi connectivity index (χ4n) is 1.44. The molecule has 94 valence electrons. The Bertz CT molecular complexity index is 400. The van der Waals surface area contributed by atoms with Crippen LogP contribution in [-0.4, -0.2) is 38.9 Å². The Labute approximate surface area is 99.7 Å². The average molecular weight is 239 g/mol. The number of carboxylic acid groups (broad SMARTS) is 1. The lowest BCUT2D eigenvalue weighted by Crippen LogP contribution is -2.26. The maximum atomic E-state index is 11.6. The van der Waals surface area contributed by atoms with Crippen LogP contribution in [0.2, 0.25) is 0 Å². The van der Waals surface area contributed by atoms with Gasteiger partial charge in [-0.05, 0) is 13.3 Å². The summed E-state index contributed by atoms with van der Waals surface area (Å²) in [6.07, 6.45) is 2.36. The summed E-state index contributed by atoms with van der Waals surface area (Å²) >= 11 is 0. The predicted octanol–water partition coefficient (Wildman–Crippen LogP) is 0.931. The summed E-state index contributed by atoms with van der Waals surface area (Å²) in [5.74, 6) is -0.209. The highest BCUT2D eigenvalue weighted by Gasteiger charge is 2.11. The maximum Gasteiger partial charge on any atom is 0.303 e. The molecule has 0 unspecified atom stereocenters. The van der Waals surface area contributed by atoms with E-state index >= 15 is 0 Å². The number of imidazole rings is 1. The summed E-state index contributed by atoms with van der Waals surface area (Å²) in [5.41, 5.74) is 0.951. The molecule has 0 aliphatic carbocycles. The molecule has 0 radical (unpaired) electrons. The monoisotopic (exact) mass is 239 g/mol. The highest BCUT2D eigenvalue weighted by Crippen LogP contribution is 2.04. The molecule has 0 aliphatic rings. The van der Waals surface area contributed by atoms with Crippen molar-refractivity contribution in [2.75, 3.05) is 7.05 Å². The summed E-state index contributed by atoms with van der Waals surface area (Å²) in [5, 5.41) is 8.46. The summed E-state index contributed by atoms with van der Waals surface area (Å²) in [6, 6.07) is 0. The molecule has 0 spiro atoms. The van der Waals surface area contributed by atoms with Crippen molar-refractivity contribution in [1.82, 2.24) is 14.9 Å². The molecule has 17 heavy (non-hydrogen) atoms. The van der Waals surface area contributed by atoms with Crippen LogP contribution in [0.5, 0.6) is 0 Å². The second kappa shape index (κ2) is 6.03. The number of hydrogen-bond donors (Lipinski definition) is 2. The molecule has 1 amide bonds. The molecule has 1 rings (SSSR count). The number of nitrogens with zero attached hydrogens (tertiary/aromatic N) is 2. The van der Waals surface area contributed by atoms with Crippen LogP contribution >= 0.6 is 0 Å². The van der Waals surface area contributed by atoms with Crippen molar-refractivity contribution in [3.63, 3.8) is 0 Å². The molecule has 0 saturated carbocycles. The van der Waals surface area contributed by atoms with Crippen molar-refractivity contribution < 1.29 is 14.7 Å². The zero-order chi connectivity index (χ0) is 12.8. The van der Waals surface area contributed by atoms with Gasteiger partial charge in [0.1, 0.15) is 5.82 Å². The van der Waals surface area contributed by atoms with Crippen molar-refractivity contribution >= 4 is 11.9 Å². The number of aliphatic carboxylic acids is 1. The van der Waals surface area contributed by atoms with Crippen molar-refractivity contribution in [1.29, 1.82) is 0 Å². The van der Waals surface area contributed by atoms with E-state index in [1.54, 1.807) is 18.1 Å². The van der Waals surface area contributed by atoms with Gasteiger partial charge >= 0.3 is 5.97 Å². The Hall–Kier alpha value is -1.85. The SMILES string of the molecule is Cc1cnc(CN(C)C(=O)CCCC(=O)O)[nH]1. The van der Waals surface area contributed by atoms with Gasteiger partial charge in [-0.3, -0.25) is 9.59 Å². The number of aromatic amines is 1. The first kappa shape index (κ1) is 13.2. The number of carbonyl (C=O) groups excluding carboxylic acids is 1. The van der Waals surface area contributed by atoms with E-state index < -0.39 is 5.97 Å². The number of aryl methyl sites for hydroxylation is 1. The molecule has 6 heteroatoms. The van der Waals surface area contributed by atoms with E-state index in [9.17, 15) is 9.59 Å². The molecule has 1 aromatic rings. The molecule has 0 atom stereocenters. The second-order valence-electron chi connectivity index (χ2n) is 4.01. The van der Waals surface area contributed by atoms with E-state index in [1.165, 1.54) is 0 Å². The zero-order valence-electron chi connectivity index (χ0n) is 10.1. The summed E-state index contributed by atoms with van der Waals surface area (Å²) < 4.78 is 0. The van der Waals surface area contributed by atoms with Gasteiger partial charge in [-0.1, -0.05) is 0 Å². The third-order valence-corrected chi connectivity index (χ3v) is 2.35. The number of amides is 1. The molecule has 1 aromatic heterocycles. The average Bonchev–Trinajstić information content (AvgIpc) is 2.63. The van der Waals surface area contributed by atoms with Crippen molar-refractivity contribution in [3.05, 3.63) is 17.7 Å². The Morgan fingerprint density at radius 1 is 1.47 bits per heavy atom. The number of aromatic nitrogens is 2. The van der Waals surface area contributed by atoms with Gasteiger partial charge < -0.3 is 15.0 Å². The van der Waals surface area contributed by atoms with Gasteiger partial charge in [-0.2, -0.15) is 0 Å². The van der Waals surface area contributed by atoms with E-state index in [1.807, 2.05) is 6.92 Å². The van der Waals surface area contributed by atoms with Crippen LogP contribution in [0.15, 0.2) is 6.20 Å². The van der Waals surface area contributed by atoms with Gasteiger partial charge in [0.25, 0.3) is 0 Å². The predicted molar refractivity (Wildman–Crippen MR) is 61.3 cm³/mol. The van der Waals surface area contributed by atoms with E-state index in [4.69, 9.17) is 5.11 Å². The van der Waals surface area contributed by atoms with Crippen molar-refractivity contribution in [3.8, 4) is 0 Å². The van der Waals surface area contributed by atoms with Crippen LogP contribution in [0.4, 0.5) is 0 Å². The number of carboxylic acids is 1. The summed E-state index contributed by atoms with van der Waals surface area (Å²) in [6.45, 7) is 2.31. The molecule has 0 bridgehead atoms. The Morgan fingerprint density at radius 3 is 2.71 bits per heavy atom. The third kappa shape index (κ3) is 4.67. The van der Waals surface area contributed by atoms with E-state index in [-0.39, 0.29) is 18.7 Å². The first-order valence-corrected chi connectivity index (χ1v) is 5.45. The minimum atomic E-state index is -0.873. The molecule has 2 N–H and O–H groups in total. The fraction of sp³-hybridized carbons (Fsp3) is 0.545. The van der Waals surface area contributed by atoms with Gasteiger partial charge in [0.2, 0.25) is 5.91 Å². The smallest absolute Gasteiger partial charge is 0.303 e. The van der Waals surface area contributed by atoms with Crippen LogP contribution in [0.1, 0.15) is 30.8 Å². The van der Waals surface area contributed by atoms with E-state index in [0.29, 0.717) is 13.0 Å². The maximum absolute atomic E-state index is 11.6. The minimum absolute atomic E-state index is 0.0272. The van der Waals surface area contributed by atoms with Crippen LogP contribution < -0.4 is 0 Å². The zero-order valence-corrected chi connectivity index (χ0v) is 10.1. The van der Waals surface area contributed by atoms with Crippen LogP contribution in [-0.2, 0) is 16.1 Å². The number of hydrogen-bond acceptors (Lipinski definition) is 3. The number of nitrogens with one attached hydrogen (secondary N) is 1. The van der Waals surface area contributed by atoms with Crippen molar-refractivity contribution in [2.24, 2.45) is 0 Å². The van der Waals surface area contributed by atoms with Gasteiger partial charge in [-0.25, -0.2) is 4.98 Å². The first-order valence-electron chi connectivity index (χ1n) is 5.45. The molecular weight excluding hydrogens is 222 g/mol. The number of carbonyl (C=O) groups is 2. The van der Waals surface area contributed by atoms with E-state index in [2.05, 4.69) is 9.97 Å². The second-order valence-corrected chi connectivity index (χ2v) is 4.01. The molecule has 1 heterocycles. The highest BCUT2D eigenvalue weighted by atomic mass is 16.4. The van der Waals surface area contributed by atoms with E-state index in [0.717, 1.165) is 11.5 Å². The third-order valence-electron chi connectivity index (χ3n) is 2.35. The minimum Gasteiger partial charge on any atom is -0.481 e. The molecule has 0 fully saturated rings. The molecule has 0 aliphatic heterocycles. The van der Waals surface area contributed by atoms with Crippen molar-refractivity contribution in [2.45, 2.75) is 32.7 Å². The Kier molecular flexibility index (Phi) is 4.68. The summed E-state index contributed by atoms with van der Waals surface area (Å²) in [4.78, 5) is 30.6. The summed E-state index contributed by atoms with van der Waals surface area (Å²) in [7, 11) is 1.68.